The van der Waals surface area contributed by atoms with E-state index in [9.17, 15) is 19.3 Å². The van der Waals surface area contributed by atoms with Gasteiger partial charge in [-0.1, -0.05) is 12.1 Å². The largest absolute Gasteiger partial charge is 0.316 e. The van der Waals surface area contributed by atoms with Gasteiger partial charge in [0.1, 0.15) is 5.78 Å². The van der Waals surface area contributed by atoms with E-state index < -0.39 is 16.4 Å². The lowest BCUT2D eigenvalue weighted by Gasteiger charge is -2.21. The second-order valence-electron chi connectivity index (χ2n) is 4.33. The molecule has 1 aliphatic rings. The molecule has 0 amide bonds. The average molecular weight is 252 g/mol. The van der Waals surface area contributed by atoms with E-state index in [1.165, 1.54) is 12.1 Å². The molecule has 96 valence electrons. The third-order valence-corrected chi connectivity index (χ3v) is 3.12. The number of benzene rings is 1. The van der Waals surface area contributed by atoms with Crippen LogP contribution in [0, 0.1) is 21.8 Å². The van der Waals surface area contributed by atoms with Crippen molar-refractivity contribution in [3.8, 4) is 0 Å². The van der Waals surface area contributed by atoms with E-state index in [2.05, 4.69) is 5.32 Å². The molecule has 5 nitrogen and oxygen atoms in total. The van der Waals surface area contributed by atoms with E-state index in [1.807, 2.05) is 0 Å². The van der Waals surface area contributed by atoms with Gasteiger partial charge in [-0.3, -0.25) is 14.9 Å². The van der Waals surface area contributed by atoms with Gasteiger partial charge in [0.2, 0.25) is 5.82 Å². The maximum absolute atomic E-state index is 13.8. The Hall–Kier alpha value is -1.82. The Labute approximate surface area is 103 Å². The fraction of sp³-hybridized carbons (Fsp3) is 0.417. The van der Waals surface area contributed by atoms with E-state index in [0.717, 1.165) is 6.07 Å². The van der Waals surface area contributed by atoms with Crippen LogP contribution in [0.4, 0.5) is 10.1 Å². The smallest absolute Gasteiger partial charge is 0.305 e. The second-order valence-corrected chi connectivity index (χ2v) is 4.33. The molecule has 0 saturated carbocycles. The molecule has 0 spiro atoms. The molecule has 2 rings (SSSR count). The van der Waals surface area contributed by atoms with E-state index in [0.29, 0.717) is 19.5 Å². The van der Waals surface area contributed by atoms with Crippen LogP contribution in [-0.4, -0.2) is 23.8 Å². The highest BCUT2D eigenvalue weighted by Gasteiger charge is 2.25. The van der Waals surface area contributed by atoms with Gasteiger partial charge in [-0.25, -0.2) is 0 Å². The van der Waals surface area contributed by atoms with Crippen molar-refractivity contribution in [3.05, 3.63) is 39.7 Å². The number of nitro benzene ring substituents is 1. The molecule has 1 fully saturated rings. The molecule has 0 aromatic heterocycles. The molecule has 1 aromatic rings. The average Bonchev–Trinajstić information content (AvgIpc) is 2.34. The summed E-state index contributed by atoms with van der Waals surface area (Å²) < 4.78 is 13.8. The number of nitrogens with one attached hydrogen (secondary N) is 1. The monoisotopic (exact) mass is 252 g/mol. The molecular weight excluding hydrogens is 239 g/mol. The summed E-state index contributed by atoms with van der Waals surface area (Å²) in [4.78, 5) is 21.5. The van der Waals surface area contributed by atoms with Crippen LogP contribution in [0.25, 0.3) is 0 Å². The Kier molecular flexibility index (Phi) is 3.66. The zero-order valence-corrected chi connectivity index (χ0v) is 9.69. The number of carbonyl (C=O) groups excluding carboxylic acids is 1. The van der Waals surface area contributed by atoms with E-state index in [4.69, 9.17) is 0 Å². The molecule has 0 radical (unpaired) electrons. The molecule has 1 aromatic carbocycles. The summed E-state index contributed by atoms with van der Waals surface area (Å²) in [5, 5.41) is 13.7. The van der Waals surface area contributed by atoms with Crippen molar-refractivity contribution in [2.45, 2.75) is 12.8 Å². The van der Waals surface area contributed by atoms with Gasteiger partial charge in [-0.15, -0.1) is 0 Å². The quantitative estimate of drug-likeness (QED) is 0.653. The fourth-order valence-electron chi connectivity index (χ4n) is 2.12. The number of rotatable bonds is 3. The molecule has 0 bridgehead atoms. The van der Waals surface area contributed by atoms with Gasteiger partial charge < -0.3 is 5.32 Å². The maximum Gasteiger partial charge on any atom is 0.305 e. The van der Waals surface area contributed by atoms with Gasteiger partial charge in [0.25, 0.3) is 0 Å². The van der Waals surface area contributed by atoms with Crippen LogP contribution in [0.15, 0.2) is 18.2 Å². The van der Waals surface area contributed by atoms with Crippen molar-refractivity contribution in [2.75, 3.05) is 13.1 Å². The Bertz CT molecular complexity index is 490. The van der Waals surface area contributed by atoms with Gasteiger partial charge >= 0.3 is 5.69 Å². The van der Waals surface area contributed by atoms with Crippen molar-refractivity contribution >= 4 is 11.5 Å². The minimum atomic E-state index is -0.833. The number of Topliss-reactive ketones (excluding diaryl/α,β-unsaturated/α-hetero) is 1. The molecule has 18 heavy (non-hydrogen) atoms. The van der Waals surface area contributed by atoms with Crippen LogP contribution < -0.4 is 5.32 Å². The summed E-state index contributed by atoms with van der Waals surface area (Å²) >= 11 is 0. The molecule has 6 heteroatoms. The highest BCUT2D eigenvalue weighted by Crippen LogP contribution is 2.23. The number of halogens is 1. The van der Waals surface area contributed by atoms with Crippen molar-refractivity contribution in [1.29, 1.82) is 0 Å². The highest BCUT2D eigenvalue weighted by atomic mass is 19.1. The molecule has 1 unspecified atom stereocenters. The molecule has 1 N–H and O–H groups in total. The normalized spacial score (nSPS) is 19.8. The number of hydrogen-bond acceptors (Lipinski definition) is 4. The van der Waals surface area contributed by atoms with Gasteiger partial charge in [-0.2, -0.15) is 4.39 Å². The summed E-state index contributed by atoms with van der Waals surface area (Å²) in [6.45, 7) is 1.15. The van der Waals surface area contributed by atoms with Gasteiger partial charge in [0.15, 0.2) is 0 Å². The van der Waals surface area contributed by atoms with E-state index >= 15 is 0 Å². The number of piperidine rings is 1. The van der Waals surface area contributed by atoms with E-state index in [-0.39, 0.29) is 23.7 Å². The minimum Gasteiger partial charge on any atom is -0.316 e. The first-order valence-corrected chi connectivity index (χ1v) is 5.75. The predicted molar refractivity (Wildman–Crippen MR) is 62.7 cm³/mol. The third-order valence-electron chi connectivity index (χ3n) is 3.12. The first-order chi connectivity index (χ1) is 8.59. The third kappa shape index (κ3) is 2.53. The molecule has 1 atom stereocenters. The summed E-state index contributed by atoms with van der Waals surface area (Å²) in [5.41, 5.74) is -0.310. The fourth-order valence-corrected chi connectivity index (χ4v) is 2.12. The van der Waals surface area contributed by atoms with Crippen molar-refractivity contribution in [3.63, 3.8) is 0 Å². The Morgan fingerprint density at radius 2 is 2.28 bits per heavy atom. The van der Waals surface area contributed by atoms with Crippen molar-refractivity contribution in [2.24, 2.45) is 5.92 Å². The lowest BCUT2D eigenvalue weighted by atomic mass is 9.91. The molecule has 1 saturated heterocycles. The van der Waals surface area contributed by atoms with Crippen LogP contribution in [0.3, 0.4) is 0 Å². The topological polar surface area (TPSA) is 72.2 Å². The number of hydrogen-bond donors (Lipinski definition) is 1. The summed E-state index contributed by atoms with van der Waals surface area (Å²) in [5.74, 6) is -1.05. The Balaban J connectivity index is 2.21. The van der Waals surface area contributed by atoms with Crippen LogP contribution in [0.1, 0.15) is 12.0 Å². The molecule has 1 heterocycles. The van der Waals surface area contributed by atoms with Gasteiger partial charge in [-0.05, 0) is 12.0 Å². The first-order valence-electron chi connectivity index (χ1n) is 5.75. The summed E-state index contributed by atoms with van der Waals surface area (Å²) in [7, 11) is 0. The standard InChI is InChI=1S/C12H13FN2O3/c13-12-8(2-1-3-10(12)15(17)18)6-9-7-14-5-4-11(9)16/h1-3,9,14H,4-7H2. The van der Waals surface area contributed by atoms with Gasteiger partial charge in [0.05, 0.1) is 4.92 Å². The summed E-state index contributed by atoms with van der Waals surface area (Å²) in [6.07, 6.45) is 0.639. The number of carbonyl (C=O) groups is 1. The van der Waals surface area contributed by atoms with Crippen molar-refractivity contribution < 1.29 is 14.1 Å². The van der Waals surface area contributed by atoms with Crippen LogP contribution >= 0.6 is 0 Å². The zero-order chi connectivity index (χ0) is 13.1. The Morgan fingerprint density at radius 1 is 1.50 bits per heavy atom. The number of nitro groups is 1. The maximum atomic E-state index is 13.8. The van der Waals surface area contributed by atoms with E-state index in [1.54, 1.807) is 0 Å². The summed E-state index contributed by atoms with van der Waals surface area (Å²) in [6, 6.07) is 4.06. The SMILES string of the molecule is O=C1CCNCC1Cc1cccc([N+](=O)[O-])c1F. The van der Waals surface area contributed by atoms with Crippen LogP contribution in [0.2, 0.25) is 0 Å². The Morgan fingerprint density at radius 3 is 2.94 bits per heavy atom. The van der Waals surface area contributed by atoms with Crippen LogP contribution in [0.5, 0.6) is 0 Å². The second kappa shape index (κ2) is 5.22. The number of nitrogens with zero attached hydrogens (tertiary/aromatic N) is 1. The molecule has 0 aliphatic carbocycles. The predicted octanol–water partition coefficient (Wildman–Crippen LogP) is 1.45. The van der Waals surface area contributed by atoms with Gasteiger partial charge in [0, 0.05) is 31.5 Å². The first kappa shape index (κ1) is 12.6. The zero-order valence-electron chi connectivity index (χ0n) is 9.69. The van der Waals surface area contributed by atoms with Crippen molar-refractivity contribution in [1.82, 2.24) is 5.32 Å². The molecular formula is C12H13FN2O3. The highest BCUT2D eigenvalue weighted by molar-refractivity contribution is 5.82. The molecule has 1 aliphatic heterocycles. The lowest BCUT2D eigenvalue weighted by molar-refractivity contribution is -0.387. The lowest BCUT2D eigenvalue weighted by Crippen LogP contribution is -2.38. The minimum absolute atomic E-state index is 0.0830. The van der Waals surface area contributed by atoms with Crippen LogP contribution in [-0.2, 0) is 11.2 Å². The number of ketones is 1.